The van der Waals surface area contributed by atoms with Gasteiger partial charge in [-0.25, -0.2) is 0 Å². The van der Waals surface area contributed by atoms with Crippen molar-refractivity contribution >= 4 is 40.9 Å². The molecule has 1 fully saturated rings. The molecule has 5 nitrogen and oxygen atoms in total. The fourth-order valence-electron chi connectivity index (χ4n) is 2.37. The summed E-state index contributed by atoms with van der Waals surface area (Å²) < 4.78 is 5.67. The van der Waals surface area contributed by atoms with Crippen molar-refractivity contribution in [2.24, 2.45) is 0 Å². The molecule has 0 aromatic heterocycles. The van der Waals surface area contributed by atoms with Crippen LogP contribution in [0.25, 0.3) is 5.70 Å². The van der Waals surface area contributed by atoms with Crippen molar-refractivity contribution in [3.8, 4) is 0 Å². The summed E-state index contributed by atoms with van der Waals surface area (Å²) in [6, 6.07) is 7.19. The zero-order valence-electron chi connectivity index (χ0n) is 11.3. The van der Waals surface area contributed by atoms with E-state index in [9.17, 15) is 9.59 Å². The molecule has 1 atom stereocenters. The Bertz CT molecular complexity index is 632. The Morgan fingerprint density at radius 1 is 1.38 bits per heavy atom. The fourth-order valence-corrected chi connectivity index (χ4v) is 3.67. The van der Waals surface area contributed by atoms with Crippen LogP contribution in [0.1, 0.15) is 18.9 Å². The van der Waals surface area contributed by atoms with E-state index in [0.717, 1.165) is 5.56 Å². The first-order valence-electron chi connectivity index (χ1n) is 6.47. The van der Waals surface area contributed by atoms with E-state index in [1.165, 1.54) is 16.7 Å². The Balaban J connectivity index is 1.99. The summed E-state index contributed by atoms with van der Waals surface area (Å²) in [4.78, 5) is 25.5. The number of hydrogen-bond acceptors (Lipinski definition) is 4. The second kappa shape index (κ2) is 5.36. The summed E-state index contributed by atoms with van der Waals surface area (Å²) in [5, 5.41) is 4.04. The summed E-state index contributed by atoms with van der Waals surface area (Å²) in [6.07, 6.45) is -0.180. The predicted molar refractivity (Wildman–Crippen MR) is 81.0 cm³/mol. The number of amides is 2. The second-order valence-electron chi connectivity index (χ2n) is 4.60. The summed E-state index contributed by atoms with van der Waals surface area (Å²) in [5.74, 6) is -0.610. The van der Waals surface area contributed by atoms with Gasteiger partial charge in [0.05, 0.1) is 5.70 Å². The average molecular weight is 325 g/mol. The first kappa shape index (κ1) is 14.4. The van der Waals surface area contributed by atoms with Crippen LogP contribution in [0.5, 0.6) is 0 Å². The zero-order valence-corrected chi connectivity index (χ0v) is 12.8. The predicted octanol–water partition coefficient (Wildman–Crippen LogP) is 2.38. The number of carbonyl (C=O) groups is 2. The van der Waals surface area contributed by atoms with Crippen molar-refractivity contribution < 1.29 is 14.3 Å². The quantitative estimate of drug-likeness (QED) is 0.867. The molecule has 7 heteroatoms. The molecule has 1 aromatic carbocycles. The van der Waals surface area contributed by atoms with E-state index in [2.05, 4.69) is 5.32 Å². The number of carbonyl (C=O) groups excluding carboxylic acids is 2. The van der Waals surface area contributed by atoms with Crippen molar-refractivity contribution in [3.63, 3.8) is 0 Å². The van der Waals surface area contributed by atoms with Gasteiger partial charge in [0.15, 0.2) is 0 Å². The second-order valence-corrected chi connectivity index (χ2v) is 6.06. The summed E-state index contributed by atoms with van der Waals surface area (Å²) >= 11 is 7.16. The number of nitrogens with zero attached hydrogens (tertiary/aromatic N) is 1. The minimum Gasteiger partial charge on any atom is -0.329 e. The van der Waals surface area contributed by atoms with E-state index >= 15 is 0 Å². The Morgan fingerprint density at radius 2 is 2.10 bits per heavy atom. The molecule has 3 rings (SSSR count). The molecule has 1 aromatic rings. The topological polar surface area (TPSA) is 58.6 Å². The van der Waals surface area contributed by atoms with E-state index in [4.69, 9.17) is 16.3 Å². The average Bonchev–Trinajstić information content (AvgIpc) is 2.79. The van der Waals surface area contributed by atoms with Crippen LogP contribution >= 0.6 is 23.4 Å². The summed E-state index contributed by atoms with van der Waals surface area (Å²) in [5.41, 5.74) is 1.55. The van der Waals surface area contributed by atoms with Crippen LogP contribution in [0.4, 0.5) is 0 Å². The number of nitrogens with one attached hydrogen (secondary N) is 1. The van der Waals surface area contributed by atoms with Gasteiger partial charge in [0, 0.05) is 17.0 Å². The number of hydrogen-bond donors (Lipinski definition) is 1. The lowest BCUT2D eigenvalue weighted by Gasteiger charge is -2.41. The molecule has 0 bridgehead atoms. The molecule has 0 unspecified atom stereocenters. The van der Waals surface area contributed by atoms with Crippen LogP contribution in [-0.4, -0.2) is 28.5 Å². The van der Waals surface area contributed by atoms with E-state index in [1.54, 1.807) is 12.1 Å². The Hall–Kier alpha value is -1.50. The van der Waals surface area contributed by atoms with Gasteiger partial charge < -0.3 is 10.1 Å². The third-order valence-corrected chi connectivity index (χ3v) is 4.52. The molecule has 110 valence electrons. The maximum Gasteiger partial charge on any atom is 0.284 e. The van der Waals surface area contributed by atoms with Gasteiger partial charge in [-0.05, 0) is 24.6 Å². The highest BCUT2D eigenvalue weighted by Gasteiger charge is 2.52. The molecule has 2 aliphatic rings. The number of rotatable bonds is 3. The van der Waals surface area contributed by atoms with Crippen LogP contribution < -0.4 is 5.32 Å². The Labute approximate surface area is 131 Å². The number of halogens is 1. The lowest BCUT2D eigenvalue weighted by atomic mass is 10.1. The molecule has 2 aliphatic heterocycles. The maximum absolute atomic E-state index is 12.3. The van der Waals surface area contributed by atoms with Gasteiger partial charge in [-0.15, -0.1) is 0 Å². The Kier molecular flexibility index (Phi) is 3.69. The van der Waals surface area contributed by atoms with Gasteiger partial charge in [-0.3, -0.25) is 14.5 Å². The van der Waals surface area contributed by atoms with Crippen molar-refractivity contribution in [2.45, 2.75) is 18.5 Å². The molecule has 0 aliphatic carbocycles. The maximum atomic E-state index is 12.3. The van der Waals surface area contributed by atoms with E-state index in [0.29, 0.717) is 17.3 Å². The lowest BCUT2D eigenvalue weighted by Crippen LogP contribution is -2.63. The van der Waals surface area contributed by atoms with Crippen LogP contribution in [-0.2, 0) is 14.3 Å². The van der Waals surface area contributed by atoms with E-state index in [1.807, 2.05) is 24.5 Å². The van der Waals surface area contributed by atoms with Gasteiger partial charge in [-0.1, -0.05) is 35.5 Å². The molecule has 0 saturated carbocycles. The van der Waals surface area contributed by atoms with E-state index < -0.39 is 5.18 Å². The highest BCUT2D eigenvalue weighted by molar-refractivity contribution is 8.03. The monoisotopic (exact) mass is 324 g/mol. The van der Waals surface area contributed by atoms with Gasteiger partial charge >= 0.3 is 0 Å². The third kappa shape index (κ3) is 2.43. The molecule has 2 heterocycles. The van der Waals surface area contributed by atoms with Crippen LogP contribution in [0.3, 0.4) is 0 Å². The van der Waals surface area contributed by atoms with Crippen molar-refractivity contribution in [1.29, 1.82) is 0 Å². The molecule has 0 radical (unpaired) electrons. The number of ether oxygens (including phenoxy) is 1. The normalized spacial score (nSPS) is 24.7. The van der Waals surface area contributed by atoms with Crippen molar-refractivity contribution in [1.82, 2.24) is 10.2 Å². The summed E-state index contributed by atoms with van der Waals surface area (Å²) in [7, 11) is 0. The number of benzene rings is 1. The molecule has 21 heavy (non-hydrogen) atoms. The first-order chi connectivity index (χ1) is 10.1. The van der Waals surface area contributed by atoms with Crippen LogP contribution in [0, 0.1) is 0 Å². The van der Waals surface area contributed by atoms with Crippen molar-refractivity contribution in [3.05, 3.63) is 40.3 Å². The van der Waals surface area contributed by atoms with Crippen LogP contribution in [0.2, 0.25) is 5.02 Å². The largest absolute Gasteiger partial charge is 0.329 e. The fraction of sp³-hybridized carbons (Fsp3) is 0.286. The van der Waals surface area contributed by atoms with Gasteiger partial charge in [0.2, 0.25) is 11.8 Å². The SMILES string of the molecule is CCO[C@]12NC(=O)CC(=O)N1C(c1ccc(Cl)cc1)=CS2. The van der Waals surface area contributed by atoms with Gasteiger partial charge in [-0.2, -0.15) is 0 Å². The minimum absolute atomic E-state index is 0.180. The van der Waals surface area contributed by atoms with Gasteiger partial charge in [0.1, 0.15) is 6.42 Å². The molecule has 1 saturated heterocycles. The zero-order chi connectivity index (χ0) is 15.0. The minimum atomic E-state index is -1.17. The van der Waals surface area contributed by atoms with Crippen molar-refractivity contribution in [2.75, 3.05) is 6.61 Å². The van der Waals surface area contributed by atoms with Crippen LogP contribution in [0.15, 0.2) is 29.7 Å². The molecule has 0 spiro atoms. The smallest absolute Gasteiger partial charge is 0.284 e. The standard InChI is InChI=1S/C14H13ClN2O3S/c1-2-20-14-16-12(18)7-13(19)17(14)11(8-21-14)9-3-5-10(15)6-4-9/h3-6,8H,2,7H2,1H3,(H,16,18)/t14-/m0/s1. The molecular formula is C14H13ClN2O3S. The van der Waals surface area contributed by atoms with E-state index in [-0.39, 0.29) is 18.2 Å². The highest BCUT2D eigenvalue weighted by atomic mass is 35.5. The number of fused-ring (bicyclic) bond motifs is 1. The number of thioether (sulfide) groups is 1. The third-order valence-electron chi connectivity index (χ3n) is 3.20. The van der Waals surface area contributed by atoms with Gasteiger partial charge in [0.25, 0.3) is 5.18 Å². The molecule has 1 N–H and O–H groups in total. The Morgan fingerprint density at radius 3 is 2.76 bits per heavy atom. The first-order valence-corrected chi connectivity index (χ1v) is 7.73. The highest BCUT2D eigenvalue weighted by Crippen LogP contribution is 2.46. The lowest BCUT2D eigenvalue weighted by molar-refractivity contribution is -0.161. The molecule has 2 amide bonds. The summed E-state index contributed by atoms with van der Waals surface area (Å²) in [6.45, 7) is 2.19. The molecular weight excluding hydrogens is 312 g/mol.